The standard InChI is InChI=1S/C20H25FN2O/c1-15-6-5-10-22-19(15)14-23-11-9-20(24-2)17(13-23)12-16-7-3-4-8-18(16)21/h3-8,10,17,20H,9,11-14H2,1-2H3/t17-,20+/m1/s1. The van der Waals surface area contributed by atoms with Gasteiger partial charge in [0.1, 0.15) is 5.82 Å². The Balaban J connectivity index is 1.70. The largest absolute Gasteiger partial charge is 0.381 e. The smallest absolute Gasteiger partial charge is 0.126 e. The Labute approximate surface area is 143 Å². The molecular weight excluding hydrogens is 303 g/mol. The van der Waals surface area contributed by atoms with E-state index in [0.29, 0.717) is 12.3 Å². The van der Waals surface area contributed by atoms with E-state index in [-0.39, 0.29) is 11.9 Å². The van der Waals surface area contributed by atoms with Crippen LogP contribution in [0.5, 0.6) is 0 Å². The third kappa shape index (κ3) is 4.00. The maximum absolute atomic E-state index is 14.0. The highest BCUT2D eigenvalue weighted by molar-refractivity contribution is 5.19. The summed E-state index contributed by atoms with van der Waals surface area (Å²) in [6, 6.07) is 11.1. The molecule has 1 aromatic carbocycles. The van der Waals surface area contributed by atoms with Crippen molar-refractivity contribution in [1.82, 2.24) is 9.88 Å². The third-order valence-corrected chi connectivity index (χ3v) is 4.98. The molecule has 1 aliphatic heterocycles. The van der Waals surface area contributed by atoms with Crippen molar-refractivity contribution in [3.8, 4) is 0 Å². The monoisotopic (exact) mass is 328 g/mol. The van der Waals surface area contributed by atoms with E-state index in [0.717, 1.165) is 37.3 Å². The van der Waals surface area contributed by atoms with E-state index in [2.05, 4.69) is 22.9 Å². The zero-order valence-corrected chi connectivity index (χ0v) is 14.4. The van der Waals surface area contributed by atoms with Gasteiger partial charge in [-0.3, -0.25) is 9.88 Å². The molecule has 1 aliphatic rings. The number of aryl methyl sites for hydroxylation is 1. The minimum absolute atomic E-state index is 0.120. The minimum atomic E-state index is -0.120. The summed E-state index contributed by atoms with van der Waals surface area (Å²) in [6.07, 6.45) is 3.72. The van der Waals surface area contributed by atoms with Crippen LogP contribution < -0.4 is 0 Å². The van der Waals surface area contributed by atoms with E-state index in [1.54, 1.807) is 13.2 Å². The molecule has 0 bridgehead atoms. The molecule has 1 fully saturated rings. The first kappa shape index (κ1) is 17.1. The Hall–Kier alpha value is -1.78. The van der Waals surface area contributed by atoms with Crippen LogP contribution >= 0.6 is 0 Å². The van der Waals surface area contributed by atoms with E-state index in [1.165, 1.54) is 11.6 Å². The number of pyridine rings is 1. The number of halogens is 1. The van der Waals surface area contributed by atoms with E-state index in [9.17, 15) is 4.39 Å². The molecule has 0 spiro atoms. The Bertz CT molecular complexity index is 676. The van der Waals surface area contributed by atoms with Gasteiger partial charge < -0.3 is 4.74 Å². The minimum Gasteiger partial charge on any atom is -0.381 e. The Morgan fingerprint density at radius 3 is 2.83 bits per heavy atom. The van der Waals surface area contributed by atoms with Gasteiger partial charge in [-0.05, 0) is 43.0 Å². The molecule has 0 saturated carbocycles. The van der Waals surface area contributed by atoms with Crippen molar-refractivity contribution in [2.24, 2.45) is 5.92 Å². The average Bonchev–Trinajstić information content (AvgIpc) is 2.59. The Morgan fingerprint density at radius 1 is 1.25 bits per heavy atom. The molecule has 128 valence electrons. The first-order valence-electron chi connectivity index (χ1n) is 8.56. The van der Waals surface area contributed by atoms with Crippen molar-refractivity contribution in [3.63, 3.8) is 0 Å². The van der Waals surface area contributed by atoms with Crippen molar-refractivity contribution in [1.29, 1.82) is 0 Å². The lowest BCUT2D eigenvalue weighted by Gasteiger charge is -2.38. The maximum atomic E-state index is 14.0. The number of likely N-dealkylation sites (tertiary alicyclic amines) is 1. The third-order valence-electron chi connectivity index (χ3n) is 4.98. The molecule has 2 heterocycles. The van der Waals surface area contributed by atoms with Crippen LogP contribution in [-0.4, -0.2) is 36.2 Å². The summed E-state index contributed by atoms with van der Waals surface area (Å²) in [5, 5.41) is 0. The fraction of sp³-hybridized carbons (Fsp3) is 0.450. The lowest BCUT2D eigenvalue weighted by atomic mass is 9.88. The first-order chi connectivity index (χ1) is 11.7. The molecule has 0 aliphatic carbocycles. The van der Waals surface area contributed by atoms with Crippen LogP contribution in [0.2, 0.25) is 0 Å². The number of piperidine rings is 1. The molecule has 3 nitrogen and oxygen atoms in total. The molecular formula is C20H25FN2O. The summed E-state index contributed by atoms with van der Waals surface area (Å²) in [5.41, 5.74) is 3.12. The quantitative estimate of drug-likeness (QED) is 0.838. The maximum Gasteiger partial charge on any atom is 0.126 e. The summed E-state index contributed by atoms with van der Waals surface area (Å²) in [6.45, 7) is 4.84. The molecule has 1 saturated heterocycles. The zero-order valence-electron chi connectivity index (χ0n) is 14.4. The van der Waals surface area contributed by atoms with E-state index in [1.807, 2.05) is 24.4 Å². The number of benzene rings is 1. The van der Waals surface area contributed by atoms with Crippen LogP contribution in [-0.2, 0) is 17.7 Å². The predicted molar refractivity (Wildman–Crippen MR) is 93.3 cm³/mol. The normalized spacial score (nSPS) is 21.8. The van der Waals surface area contributed by atoms with Gasteiger partial charge >= 0.3 is 0 Å². The second-order valence-corrected chi connectivity index (χ2v) is 6.62. The van der Waals surface area contributed by atoms with Crippen LogP contribution in [0.15, 0.2) is 42.6 Å². The van der Waals surface area contributed by atoms with Crippen molar-refractivity contribution in [2.45, 2.75) is 32.4 Å². The molecule has 0 radical (unpaired) electrons. The van der Waals surface area contributed by atoms with Gasteiger partial charge in [0.25, 0.3) is 0 Å². The molecule has 4 heteroatoms. The fourth-order valence-electron chi connectivity index (χ4n) is 3.58. The fourth-order valence-corrected chi connectivity index (χ4v) is 3.58. The van der Waals surface area contributed by atoms with Gasteiger partial charge in [-0.15, -0.1) is 0 Å². The van der Waals surface area contributed by atoms with Gasteiger partial charge in [0.15, 0.2) is 0 Å². The first-order valence-corrected chi connectivity index (χ1v) is 8.56. The van der Waals surface area contributed by atoms with E-state index < -0.39 is 0 Å². The van der Waals surface area contributed by atoms with Crippen LogP contribution in [0.25, 0.3) is 0 Å². The van der Waals surface area contributed by atoms with Crippen molar-refractivity contribution in [2.75, 3.05) is 20.2 Å². The number of aromatic nitrogens is 1. The van der Waals surface area contributed by atoms with Crippen LogP contribution in [0.4, 0.5) is 4.39 Å². The van der Waals surface area contributed by atoms with Crippen LogP contribution in [0.1, 0.15) is 23.2 Å². The molecule has 0 N–H and O–H groups in total. The number of ether oxygens (including phenoxy) is 1. The SMILES string of the molecule is CO[C@H]1CCN(Cc2ncccc2C)C[C@H]1Cc1ccccc1F. The average molecular weight is 328 g/mol. The summed E-state index contributed by atoms with van der Waals surface area (Å²) < 4.78 is 19.7. The van der Waals surface area contributed by atoms with Crippen LogP contribution in [0, 0.1) is 18.7 Å². The second kappa shape index (κ2) is 7.86. The lowest BCUT2D eigenvalue weighted by molar-refractivity contribution is -0.00906. The van der Waals surface area contributed by atoms with Gasteiger partial charge in [0.05, 0.1) is 11.8 Å². The van der Waals surface area contributed by atoms with Gasteiger partial charge in [-0.25, -0.2) is 4.39 Å². The van der Waals surface area contributed by atoms with Crippen molar-refractivity contribution >= 4 is 0 Å². The molecule has 0 unspecified atom stereocenters. The molecule has 1 aromatic heterocycles. The van der Waals surface area contributed by atoms with E-state index >= 15 is 0 Å². The van der Waals surface area contributed by atoms with Crippen molar-refractivity contribution in [3.05, 3.63) is 65.2 Å². The predicted octanol–water partition coefficient (Wildman–Crippen LogP) is 3.61. The van der Waals surface area contributed by atoms with Gasteiger partial charge in [0.2, 0.25) is 0 Å². The van der Waals surface area contributed by atoms with Crippen molar-refractivity contribution < 1.29 is 9.13 Å². The topological polar surface area (TPSA) is 25.4 Å². The number of nitrogens with zero attached hydrogens (tertiary/aromatic N) is 2. The highest BCUT2D eigenvalue weighted by Gasteiger charge is 2.30. The molecule has 0 amide bonds. The zero-order chi connectivity index (χ0) is 16.9. The molecule has 2 atom stereocenters. The number of hydrogen-bond donors (Lipinski definition) is 0. The Kier molecular flexibility index (Phi) is 5.59. The lowest BCUT2D eigenvalue weighted by Crippen LogP contribution is -2.44. The van der Waals surface area contributed by atoms with Gasteiger partial charge in [0, 0.05) is 38.9 Å². The molecule has 24 heavy (non-hydrogen) atoms. The Morgan fingerprint density at radius 2 is 2.08 bits per heavy atom. The molecule has 2 aromatic rings. The highest BCUT2D eigenvalue weighted by Crippen LogP contribution is 2.26. The highest BCUT2D eigenvalue weighted by atomic mass is 19.1. The van der Waals surface area contributed by atoms with E-state index in [4.69, 9.17) is 4.74 Å². The summed E-state index contributed by atoms with van der Waals surface area (Å²) in [7, 11) is 1.76. The summed E-state index contributed by atoms with van der Waals surface area (Å²) >= 11 is 0. The number of hydrogen-bond acceptors (Lipinski definition) is 3. The van der Waals surface area contributed by atoms with Gasteiger partial charge in [-0.1, -0.05) is 24.3 Å². The van der Waals surface area contributed by atoms with Gasteiger partial charge in [-0.2, -0.15) is 0 Å². The number of rotatable bonds is 5. The summed E-state index contributed by atoms with van der Waals surface area (Å²) in [5.74, 6) is 0.176. The second-order valence-electron chi connectivity index (χ2n) is 6.62. The number of methoxy groups -OCH3 is 1. The summed E-state index contributed by atoms with van der Waals surface area (Å²) in [4.78, 5) is 6.91. The molecule has 3 rings (SSSR count). The van der Waals surface area contributed by atoms with Crippen LogP contribution in [0.3, 0.4) is 0 Å².